The summed E-state index contributed by atoms with van der Waals surface area (Å²) >= 11 is 1.36. The Kier molecular flexibility index (Phi) is 8.07. The fraction of sp³-hybridized carbons (Fsp3) is 0.286. The minimum absolute atomic E-state index is 0.000548. The predicted octanol–water partition coefficient (Wildman–Crippen LogP) is 4.55. The fourth-order valence-electron chi connectivity index (χ4n) is 2.42. The van der Waals surface area contributed by atoms with Gasteiger partial charge in [-0.2, -0.15) is 0 Å². The van der Waals surface area contributed by atoms with E-state index in [9.17, 15) is 14.4 Å². The second-order valence-electron chi connectivity index (χ2n) is 6.35. The quantitative estimate of drug-likeness (QED) is 0.537. The first kappa shape index (κ1) is 21.5. The van der Waals surface area contributed by atoms with Gasteiger partial charge in [-0.1, -0.05) is 19.4 Å². The lowest BCUT2D eigenvalue weighted by atomic mass is 10.1. The molecule has 0 heterocycles. The molecule has 6 nitrogen and oxygen atoms in total. The Bertz CT molecular complexity index is 850. The predicted molar refractivity (Wildman–Crippen MR) is 112 cm³/mol. The molecule has 0 saturated carbocycles. The first-order valence-corrected chi connectivity index (χ1v) is 10.0. The van der Waals surface area contributed by atoms with Crippen LogP contribution in [0.1, 0.15) is 42.1 Å². The van der Waals surface area contributed by atoms with Crippen molar-refractivity contribution in [3.05, 3.63) is 53.6 Å². The van der Waals surface area contributed by atoms with Crippen molar-refractivity contribution in [3.8, 4) is 0 Å². The molecule has 0 aliphatic heterocycles. The molecule has 0 aliphatic rings. The average molecular weight is 401 g/mol. The number of rotatable bonds is 9. The summed E-state index contributed by atoms with van der Waals surface area (Å²) in [6.45, 7) is 3.85. The maximum Gasteiger partial charge on any atom is 0.335 e. The van der Waals surface area contributed by atoms with Crippen molar-refractivity contribution in [1.82, 2.24) is 0 Å². The van der Waals surface area contributed by atoms with Gasteiger partial charge in [0.05, 0.1) is 11.3 Å². The highest BCUT2D eigenvalue weighted by Gasteiger charge is 2.10. The van der Waals surface area contributed by atoms with Crippen LogP contribution in [0.15, 0.2) is 47.4 Å². The van der Waals surface area contributed by atoms with Crippen LogP contribution in [0.25, 0.3) is 0 Å². The van der Waals surface area contributed by atoms with Crippen LogP contribution >= 0.6 is 11.8 Å². The van der Waals surface area contributed by atoms with Crippen LogP contribution in [0.2, 0.25) is 0 Å². The largest absolute Gasteiger partial charge is 0.478 e. The smallest absolute Gasteiger partial charge is 0.335 e. The summed E-state index contributed by atoms with van der Waals surface area (Å²) in [5.74, 6) is -1.06. The fourth-order valence-corrected chi connectivity index (χ4v) is 3.12. The average Bonchev–Trinajstić information content (AvgIpc) is 2.67. The van der Waals surface area contributed by atoms with Crippen LogP contribution in [-0.2, 0) is 9.59 Å². The number of carboxylic acids is 1. The van der Waals surface area contributed by atoms with Crippen LogP contribution in [0.5, 0.6) is 0 Å². The van der Waals surface area contributed by atoms with Gasteiger partial charge in [0.2, 0.25) is 11.8 Å². The van der Waals surface area contributed by atoms with Crippen LogP contribution in [0.3, 0.4) is 0 Å². The van der Waals surface area contributed by atoms with Crippen molar-refractivity contribution >= 4 is 40.9 Å². The Morgan fingerprint density at radius 1 is 1.00 bits per heavy atom. The molecule has 0 radical (unpaired) electrons. The molecule has 7 heteroatoms. The van der Waals surface area contributed by atoms with E-state index in [0.717, 1.165) is 29.0 Å². The van der Waals surface area contributed by atoms with Crippen molar-refractivity contribution in [1.29, 1.82) is 0 Å². The highest BCUT2D eigenvalue weighted by Crippen LogP contribution is 2.22. The van der Waals surface area contributed by atoms with Crippen molar-refractivity contribution in [3.63, 3.8) is 0 Å². The molecule has 0 bridgehead atoms. The lowest BCUT2D eigenvalue weighted by Gasteiger charge is -2.10. The van der Waals surface area contributed by atoms with Gasteiger partial charge in [0.25, 0.3) is 0 Å². The maximum atomic E-state index is 12.2. The third-order valence-electron chi connectivity index (χ3n) is 4.02. The van der Waals surface area contributed by atoms with E-state index in [4.69, 9.17) is 5.11 Å². The number of aromatic carboxylic acids is 1. The number of aryl methyl sites for hydroxylation is 1. The van der Waals surface area contributed by atoms with E-state index in [1.807, 2.05) is 38.1 Å². The van der Waals surface area contributed by atoms with E-state index in [-0.39, 0.29) is 23.1 Å². The van der Waals surface area contributed by atoms with E-state index in [1.54, 1.807) is 6.07 Å². The lowest BCUT2D eigenvalue weighted by Crippen LogP contribution is -2.15. The van der Waals surface area contributed by atoms with Crippen LogP contribution in [0, 0.1) is 6.92 Å². The Balaban J connectivity index is 1.87. The van der Waals surface area contributed by atoms with Gasteiger partial charge in [-0.25, -0.2) is 4.79 Å². The van der Waals surface area contributed by atoms with Crippen molar-refractivity contribution in [2.45, 2.75) is 38.0 Å². The molecular formula is C21H24N2O4S. The van der Waals surface area contributed by atoms with Crippen LogP contribution < -0.4 is 10.6 Å². The van der Waals surface area contributed by atoms with Crippen LogP contribution in [0.4, 0.5) is 11.4 Å². The standard InChI is InChI=1S/C21H24N2O4S/c1-3-4-5-19(24)22-16-8-10-17(11-9-16)28-13-20(25)23-18-12-15(21(26)27)7-6-14(18)2/h6-12H,3-5,13H2,1-2H3,(H,22,24)(H,23,25)(H,26,27). The van der Waals surface area contributed by atoms with Gasteiger partial charge in [-0.15, -0.1) is 11.8 Å². The molecule has 0 saturated heterocycles. The van der Waals surface area contributed by atoms with Crippen molar-refractivity contribution in [2.24, 2.45) is 0 Å². The monoisotopic (exact) mass is 400 g/mol. The van der Waals surface area contributed by atoms with E-state index < -0.39 is 5.97 Å². The Morgan fingerprint density at radius 3 is 2.36 bits per heavy atom. The molecule has 0 spiro atoms. The summed E-state index contributed by atoms with van der Waals surface area (Å²) in [7, 11) is 0. The number of carbonyl (C=O) groups excluding carboxylic acids is 2. The van der Waals surface area contributed by atoms with Crippen molar-refractivity contribution in [2.75, 3.05) is 16.4 Å². The number of carboxylic acid groups (broad SMARTS) is 1. The molecule has 2 amide bonds. The number of anilines is 2. The highest BCUT2D eigenvalue weighted by molar-refractivity contribution is 8.00. The Morgan fingerprint density at radius 2 is 1.71 bits per heavy atom. The van der Waals surface area contributed by atoms with E-state index >= 15 is 0 Å². The number of nitrogens with one attached hydrogen (secondary N) is 2. The number of carbonyl (C=O) groups is 3. The molecule has 2 aromatic carbocycles. The SMILES string of the molecule is CCCCC(=O)Nc1ccc(SCC(=O)Nc2cc(C(=O)O)ccc2C)cc1. The minimum Gasteiger partial charge on any atom is -0.478 e. The molecule has 0 aliphatic carbocycles. The normalized spacial score (nSPS) is 10.4. The first-order valence-electron chi connectivity index (χ1n) is 9.05. The molecule has 0 atom stereocenters. The number of hydrogen-bond donors (Lipinski definition) is 3. The summed E-state index contributed by atoms with van der Waals surface area (Å²) < 4.78 is 0. The molecule has 0 unspecified atom stereocenters. The topological polar surface area (TPSA) is 95.5 Å². The number of amides is 2. The molecule has 2 rings (SSSR count). The minimum atomic E-state index is -1.04. The molecule has 2 aromatic rings. The molecule has 0 aromatic heterocycles. The second-order valence-corrected chi connectivity index (χ2v) is 7.40. The molecule has 3 N–H and O–H groups in total. The van der Waals surface area contributed by atoms with Gasteiger partial charge in [0.15, 0.2) is 0 Å². The van der Waals surface area contributed by atoms with Crippen LogP contribution in [-0.4, -0.2) is 28.6 Å². The summed E-state index contributed by atoms with van der Waals surface area (Å²) in [5, 5.41) is 14.7. The van der Waals surface area contributed by atoms with Gasteiger partial charge in [0, 0.05) is 22.7 Å². The van der Waals surface area contributed by atoms with Crippen molar-refractivity contribution < 1.29 is 19.5 Å². The summed E-state index contributed by atoms with van der Waals surface area (Å²) in [6.07, 6.45) is 2.35. The third kappa shape index (κ3) is 6.74. The molecular weight excluding hydrogens is 376 g/mol. The summed E-state index contributed by atoms with van der Waals surface area (Å²) in [5.41, 5.74) is 2.16. The highest BCUT2D eigenvalue weighted by atomic mass is 32.2. The number of hydrogen-bond acceptors (Lipinski definition) is 4. The van der Waals surface area contributed by atoms with E-state index in [1.165, 1.54) is 23.9 Å². The Hall–Kier alpha value is -2.80. The summed E-state index contributed by atoms with van der Waals surface area (Å²) in [4.78, 5) is 35.9. The van der Waals surface area contributed by atoms with Gasteiger partial charge >= 0.3 is 5.97 Å². The zero-order valence-electron chi connectivity index (χ0n) is 16.0. The van der Waals surface area contributed by atoms with E-state index in [2.05, 4.69) is 10.6 Å². The zero-order valence-corrected chi connectivity index (χ0v) is 16.8. The zero-order chi connectivity index (χ0) is 20.5. The molecule has 148 valence electrons. The van der Waals surface area contributed by atoms with Gasteiger partial charge in [-0.05, 0) is 55.3 Å². The molecule has 28 heavy (non-hydrogen) atoms. The third-order valence-corrected chi connectivity index (χ3v) is 5.04. The van der Waals surface area contributed by atoms with E-state index in [0.29, 0.717) is 12.1 Å². The first-order chi connectivity index (χ1) is 13.4. The number of unbranched alkanes of at least 4 members (excludes halogenated alkanes) is 1. The second kappa shape index (κ2) is 10.5. The van der Waals surface area contributed by atoms with Gasteiger partial charge in [-0.3, -0.25) is 9.59 Å². The summed E-state index contributed by atoms with van der Waals surface area (Å²) in [6, 6.07) is 11.9. The maximum absolute atomic E-state index is 12.2. The molecule has 0 fully saturated rings. The van der Waals surface area contributed by atoms with Gasteiger partial charge < -0.3 is 15.7 Å². The number of thioether (sulfide) groups is 1. The number of benzene rings is 2. The Labute approximate surface area is 168 Å². The lowest BCUT2D eigenvalue weighted by molar-refractivity contribution is -0.116. The van der Waals surface area contributed by atoms with Gasteiger partial charge in [0.1, 0.15) is 0 Å².